The van der Waals surface area contributed by atoms with Crippen LogP contribution in [0.5, 0.6) is 0 Å². The van der Waals surface area contributed by atoms with E-state index in [-0.39, 0.29) is 29.2 Å². The van der Waals surface area contributed by atoms with Crippen molar-refractivity contribution in [2.24, 2.45) is 0 Å². The summed E-state index contributed by atoms with van der Waals surface area (Å²) in [7, 11) is -3.84. The van der Waals surface area contributed by atoms with Gasteiger partial charge in [-0.25, -0.2) is 13.2 Å². The molecule has 0 saturated carbocycles. The number of urea groups is 1. The topological polar surface area (TPSA) is 134 Å². The summed E-state index contributed by atoms with van der Waals surface area (Å²) in [5.74, 6) is 0.183. The summed E-state index contributed by atoms with van der Waals surface area (Å²) >= 11 is 2.41. The Labute approximate surface area is 237 Å². The van der Waals surface area contributed by atoms with Crippen LogP contribution in [0.4, 0.5) is 4.79 Å². The van der Waals surface area contributed by atoms with Gasteiger partial charge in [0, 0.05) is 38.0 Å². The van der Waals surface area contributed by atoms with Crippen LogP contribution in [0.2, 0.25) is 0 Å². The lowest BCUT2D eigenvalue weighted by molar-refractivity contribution is -0.122. The average molecular weight is 592 g/mol. The first-order valence-corrected chi connectivity index (χ1v) is 16.2. The highest BCUT2D eigenvalue weighted by Gasteiger charge is 2.40. The van der Waals surface area contributed by atoms with E-state index in [1.165, 1.54) is 34.8 Å². The predicted molar refractivity (Wildman–Crippen MR) is 153 cm³/mol. The highest BCUT2D eigenvalue weighted by atomic mass is 32.2. The third-order valence-electron chi connectivity index (χ3n) is 6.17. The summed E-state index contributed by atoms with van der Waals surface area (Å²) in [6.45, 7) is 3.75. The average Bonchev–Trinajstić information content (AvgIpc) is 3.73. The highest BCUT2D eigenvalue weighted by molar-refractivity contribution is 8.02. The van der Waals surface area contributed by atoms with E-state index in [0.717, 1.165) is 41.7 Å². The lowest BCUT2D eigenvalue weighted by atomic mass is 10.1. The first-order chi connectivity index (χ1) is 18.9. The Morgan fingerprint density at radius 1 is 1.00 bits per heavy atom. The van der Waals surface area contributed by atoms with Crippen LogP contribution in [-0.2, 0) is 27.9 Å². The molecule has 0 bridgehead atoms. The van der Waals surface area contributed by atoms with Crippen molar-refractivity contribution in [3.63, 3.8) is 0 Å². The van der Waals surface area contributed by atoms with E-state index in [9.17, 15) is 18.0 Å². The molecule has 3 N–H and O–H groups in total. The molecule has 4 rings (SSSR count). The molecule has 1 aliphatic rings. The molecule has 210 valence electrons. The Morgan fingerprint density at radius 2 is 1.74 bits per heavy atom. The maximum absolute atomic E-state index is 13.3. The molecule has 1 saturated heterocycles. The lowest BCUT2D eigenvalue weighted by Gasteiger charge is -2.21. The fraction of sp³-hybridized carbons (Fsp3) is 0.423. The van der Waals surface area contributed by atoms with Crippen LogP contribution in [-0.4, -0.2) is 54.0 Å². The van der Waals surface area contributed by atoms with Gasteiger partial charge in [0.25, 0.3) is 10.0 Å². The predicted octanol–water partition coefficient (Wildman–Crippen LogP) is 4.16. The number of sulfonamides is 1. The summed E-state index contributed by atoms with van der Waals surface area (Å²) < 4.78 is 32.9. The fourth-order valence-electron chi connectivity index (χ4n) is 4.01. The number of nitrogens with zero attached hydrogens (tertiary/aromatic N) is 2. The van der Waals surface area contributed by atoms with Crippen molar-refractivity contribution < 1.29 is 22.5 Å². The number of hydrogen-bond acceptors (Lipinski definition) is 8. The van der Waals surface area contributed by atoms with E-state index < -0.39 is 15.4 Å². The lowest BCUT2D eigenvalue weighted by Crippen LogP contribution is -2.44. The summed E-state index contributed by atoms with van der Waals surface area (Å²) in [5, 5.41) is 11.6. The molecule has 13 heteroatoms. The third kappa shape index (κ3) is 7.84. The van der Waals surface area contributed by atoms with Crippen molar-refractivity contribution in [3.8, 4) is 10.6 Å². The normalized spacial score (nSPS) is 15.8. The number of carbonyl (C=O) groups excluding carboxylic acids is 2. The minimum Gasteiger partial charge on any atom is -0.364 e. The van der Waals surface area contributed by atoms with Gasteiger partial charge in [-0.15, -0.1) is 23.1 Å². The second-order valence-corrected chi connectivity index (χ2v) is 13.4. The molecule has 3 amide bonds. The minimum absolute atomic E-state index is 0.162. The Kier molecular flexibility index (Phi) is 10.4. The third-order valence-corrected chi connectivity index (χ3v) is 10.9. The quantitative estimate of drug-likeness (QED) is 0.254. The monoisotopic (exact) mass is 591 g/mol. The molecule has 2 aromatic heterocycles. The molecule has 0 radical (unpaired) electrons. The van der Waals surface area contributed by atoms with E-state index in [0.29, 0.717) is 29.4 Å². The van der Waals surface area contributed by atoms with Crippen molar-refractivity contribution in [3.05, 3.63) is 59.9 Å². The first-order valence-electron chi connectivity index (χ1n) is 12.9. The van der Waals surface area contributed by atoms with Crippen LogP contribution in [0.3, 0.4) is 0 Å². The largest absolute Gasteiger partial charge is 0.364 e. The van der Waals surface area contributed by atoms with Gasteiger partial charge >= 0.3 is 6.03 Å². The van der Waals surface area contributed by atoms with Crippen LogP contribution in [0.15, 0.2) is 57.5 Å². The number of hydrogen-bond donors (Lipinski definition) is 3. The van der Waals surface area contributed by atoms with Crippen LogP contribution in [0.25, 0.3) is 10.6 Å². The van der Waals surface area contributed by atoms with E-state index in [1.54, 1.807) is 12.1 Å². The maximum Gasteiger partial charge on any atom is 0.315 e. The zero-order valence-electron chi connectivity index (χ0n) is 21.7. The van der Waals surface area contributed by atoms with Gasteiger partial charge in [0.05, 0.1) is 4.88 Å². The molecule has 39 heavy (non-hydrogen) atoms. The standard InChI is InChI=1S/C26H33N5O5S3/c1-2-3-4-5-13-27-26(33)29-18-20-8-6-19(7-9-20)17-28-24(32)25-31(14-16-37-25)39(34,35)23-11-10-22(38-23)21-12-15-36-30-21/h6-12,15,25H,2-5,13-14,16-18H2,1H3,(H,28,32)(H2,27,29,33). The Bertz CT molecular complexity index is 1330. The first kappa shape index (κ1) is 29.1. The SMILES string of the molecule is CCCCCCNC(=O)NCc1ccc(CNC(=O)C2SCCN2S(=O)(=O)c2ccc(-c3ccon3)s2)cc1. The molecule has 1 fully saturated rings. The number of thioether (sulfide) groups is 1. The number of amides is 3. The summed E-state index contributed by atoms with van der Waals surface area (Å²) in [4.78, 5) is 25.6. The van der Waals surface area contributed by atoms with Gasteiger partial charge in [-0.2, -0.15) is 4.31 Å². The maximum atomic E-state index is 13.3. The van der Waals surface area contributed by atoms with Gasteiger partial charge < -0.3 is 20.5 Å². The fourth-order valence-corrected chi connectivity index (χ4v) is 8.51. The van der Waals surface area contributed by atoms with Crippen LogP contribution in [0.1, 0.15) is 43.7 Å². The molecule has 1 aromatic carbocycles. The summed E-state index contributed by atoms with van der Waals surface area (Å²) in [6, 6.07) is 12.3. The molecule has 10 nitrogen and oxygen atoms in total. The number of thiophene rings is 1. The number of carbonyl (C=O) groups is 2. The second kappa shape index (κ2) is 14.0. The van der Waals surface area contributed by atoms with Crippen molar-refractivity contribution in [2.75, 3.05) is 18.8 Å². The van der Waals surface area contributed by atoms with Crippen molar-refractivity contribution in [1.29, 1.82) is 0 Å². The Hall–Kier alpha value is -2.87. The van der Waals surface area contributed by atoms with Gasteiger partial charge in [-0.05, 0) is 29.7 Å². The number of benzene rings is 1. The number of nitrogens with one attached hydrogen (secondary N) is 3. The molecule has 3 heterocycles. The highest BCUT2D eigenvalue weighted by Crippen LogP contribution is 2.35. The van der Waals surface area contributed by atoms with Gasteiger partial charge in [0.1, 0.15) is 21.5 Å². The van der Waals surface area contributed by atoms with E-state index in [4.69, 9.17) is 4.52 Å². The second-order valence-electron chi connectivity index (χ2n) is 9.05. The van der Waals surface area contributed by atoms with E-state index in [1.807, 2.05) is 24.3 Å². The molecule has 1 unspecified atom stereocenters. The summed E-state index contributed by atoms with van der Waals surface area (Å²) in [6.07, 6.45) is 5.86. The smallest absolute Gasteiger partial charge is 0.315 e. The number of unbranched alkanes of at least 4 members (excludes halogenated alkanes) is 3. The van der Waals surface area contributed by atoms with Crippen molar-refractivity contribution >= 4 is 45.1 Å². The number of rotatable bonds is 13. The zero-order chi connectivity index (χ0) is 27.7. The molecular formula is C26H33N5O5S3. The van der Waals surface area contributed by atoms with Gasteiger partial charge in [0.2, 0.25) is 5.91 Å². The molecule has 1 atom stereocenters. The van der Waals surface area contributed by atoms with E-state index >= 15 is 0 Å². The minimum atomic E-state index is -3.84. The van der Waals surface area contributed by atoms with Gasteiger partial charge in [-0.3, -0.25) is 4.79 Å². The van der Waals surface area contributed by atoms with Crippen molar-refractivity contribution in [2.45, 2.75) is 55.3 Å². The van der Waals surface area contributed by atoms with Crippen molar-refractivity contribution in [1.82, 2.24) is 25.4 Å². The molecule has 0 aliphatic carbocycles. The molecule has 0 spiro atoms. The summed E-state index contributed by atoms with van der Waals surface area (Å²) in [5.41, 5.74) is 2.38. The Morgan fingerprint density at radius 3 is 2.44 bits per heavy atom. The van der Waals surface area contributed by atoms with Crippen LogP contribution < -0.4 is 16.0 Å². The molecule has 3 aromatic rings. The molecule has 1 aliphatic heterocycles. The number of aromatic nitrogens is 1. The van der Waals surface area contributed by atoms with E-state index in [2.05, 4.69) is 28.0 Å². The van der Waals surface area contributed by atoms with Crippen LogP contribution >= 0.6 is 23.1 Å². The van der Waals surface area contributed by atoms with Gasteiger partial charge in [0.15, 0.2) is 0 Å². The van der Waals surface area contributed by atoms with Crippen LogP contribution in [0, 0.1) is 0 Å². The zero-order valence-corrected chi connectivity index (χ0v) is 24.2. The Balaban J connectivity index is 1.25. The molecular weight excluding hydrogens is 559 g/mol. The van der Waals surface area contributed by atoms with Gasteiger partial charge in [-0.1, -0.05) is 55.6 Å².